The number of rotatable bonds is 4. The summed E-state index contributed by atoms with van der Waals surface area (Å²) >= 11 is 0. The van der Waals surface area contributed by atoms with Gasteiger partial charge in [-0.15, -0.1) is 0 Å². The van der Waals surface area contributed by atoms with E-state index in [0.717, 1.165) is 56.1 Å². The third-order valence-corrected chi connectivity index (χ3v) is 13.0. The first-order valence-electron chi connectivity index (χ1n) is 15.1. The van der Waals surface area contributed by atoms with Crippen LogP contribution in [0.5, 0.6) is 5.75 Å². The molecule has 0 amide bonds. The molecule has 3 saturated carbocycles. The Morgan fingerprint density at radius 1 is 1.03 bits per heavy atom. The minimum Gasteiger partial charge on any atom is -0.464 e. The molecule has 4 fully saturated rings. The van der Waals surface area contributed by atoms with E-state index in [0.29, 0.717) is 41.9 Å². The predicted octanol–water partition coefficient (Wildman–Crippen LogP) is 8.16. The molecule has 4 aliphatic carbocycles. The summed E-state index contributed by atoms with van der Waals surface area (Å²) in [5.41, 5.74) is 3.53. The number of aryl methyl sites for hydroxylation is 1. The summed E-state index contributed by atoms with van der Waals surface area (Å²) in [6.45, 7) is 15.5. The van der Waals surface area contributed by atoms with Crippen LogP contribution in [0.1, 0.15) is 96.5 Å². The molecule has 210 valence electrons. The van der Waals surface area contributed by atoms with E-state index in [9.17, 15) is 8.42 Å². The molecule has 0 radical (unpaired) electrons. The maximum atomic E-state index is 14.3. The summed E-state index contributed by atoms with van der Waals surface area (Å²) in [7, 11) is -4.05. The number of fused-ring (bicyclic) bond motifs is 5. The lowest BCUT2D eigenvalue weighted by Gasteiger charge is -2.57. The van der Waals surface area contributed by atoms with Crippen LogP contribution in [0.15, 0.2) is 45.3 Å². The van der Waals surface area contributed by atoms with E-state index < -0.39 is 16.1 Å². The van der Waals surface area contributed by atoms with Gasteiger partial charge in [0.15, 0.2) is 6.29 Å². The zero-order chi connectivity index (χ0) is 27.4. The van der Waals surface area contributed by atoms with Crippen molar-refractivity contribution >= 4 is 9.84 Å². The fourth-order valence-electron chi connectivity index (χ4n) is 9.13. The number of allylic oxidation sites excluding steroid dienone is 3. The normalized spacial score (nSPS) is 37.5. The van der Waals surface area contributed by atoms with Crippen molar-refractivity contribution in [2.45, 2.75) is 109 Å². The van der Waals surface area contributed by atoms with Crippen molar-refractivity contribution in [2.75, 3.05) is 6.61 Å². The number of sulfone groups is 1. The largest absolute Gasteiger partial charge is 0.464 e. The molecule has 1 aromatic carbocycles. The number of hydrogen-bond acceptors (Lipinski definition) is 4. The van der Waals surface area contributed by atoms with E-state index in [1.807, 2.05) is 6.92 Å². The summed E-state index contributed by atoms with van der Waals surface area (Å²) in [6.07, 6.45) is 14.9. The second-order valence-corrected chi connectivity index (χ2v) is 15.1. The minimum atomic E-state index is -4.05. The third-order valence-electron chi connectivity index (χ3n) is 11.2. The van der Waals surface area contributed by atoms with Gasteiger partial charge >= 0.3 is 0 Å². The highest BCUT2D eigenvalue weighted by molar-refractivity contribution is 7.95. The smallest absolute Gasteiger partial charge is 0.282 e. The second-order valence-electron chi connectivity index (χ2n) is 13.2. The van der Waals surface area contributed by atoms with Crippen molar-refractivity contribution in [3.63, 3.8) is 0 Å². The number of ether oxygens (including phenoxy) is 2. The van der Waals surface area contributed by atoms with Gasteiger partial charge in [0.05, 0.1) is 13.2 Å². The molecule has 6 heteroatoms. The standard InChI is InChI=1S/C33H43NO4S/c1-22-11-16-29(28(21-22)38-30-10-6-8-20-37-30)39(35,36)31(34-4)27-15-14-25-24-13-12-23-9-5-7-18-32(23,2)26(24)17-19-33(25,27)3/h11-12,16,21,24-26,30H,5-10,13-15,17-20H2,1-3H3/t24-,25-,26-,30?,32-,33-/m0/s1. The van der Waals surface area contributed by atoms with Crippen molar-refractivity contribution in [1.29, 1.82) is 0 Å². The van der Waals surface area contributed by atoms with Crippen LogP contribution in [0.3, 0.4) is 0 Å². The van der Waals surface area contributed by atoms with Gasteiger partial charge in [-0.25, -0.2) is 13.3 Å². The molecule has 0 N–H and O–H groups in total. The van der Waals surface area contributed by atoms with E-state index >= 15 is 0 Å². The van der Waals surface area contributed by atoms with Crippen molar-refractivity contribution in [1.82, 2.24) is 0 Å². The Morgan fingerprint density at radius 2 is 1.85 bits per heavy atom. The molecule has 5 nitrogen and oxygen atoms in total. The zero-order valence-corrected chi connectivity index (χ0v) is 24.6. The van der Waals surface area contributed by atoms with Gasteiger partial charge in [0.2, 0.25) is 9.84 Å². The number of hydrogen-bond donors (Lipinski definition) is 0. The van der Waals surface area contributed by atoms with Gasteiger partial charge < -0.3 is 9.47 Å². The summed E-state index contributed by atoms with van der Waals surface area (Å²) in [4.78, 5) is 3.89. The summed E-state index contributed by atoms with van der Waals surface area (Å²) in [5.74, 6) is 1.99. The van der Waals surface area contributed by atoms with E-state index in [-0.39, 0.29) is 15.3 Å². The topological polar surface area (TPSA) is 57.0 Å². The van der Waals surface area contributed by atoms with Gasteiger partial charge in [-0.1, -0.05) is 38.0 Å². The second kappa shape index (κ2) is 10.1. The molecule has 5 aliphatic rings. The van der Waals surface area contributed by atoms with Crippen molar-refractivity contribution in [2.24, 2.45) is 28.6 Å². The van der Waals surface area contributed by atoms with Gasteiger partial charge in [-0.3, -0.25) is 0 Å². The first-order chi connectivity index (χ1) is 18.7. The first-order valence-corrected chi connectivity index (χ1v) is 16.6. The Hall–Kier alpha value is -2.10. The predicted molar refractivity (Wildman–Crippen MR) is 153 cm³/mol. The van der Waals surface area contributed by atoms with Crippen LogP contribution < -0.4 is 4.74 Å². The Kier molecular flexibility index (Phi) is 6.99. The molecule has 6 rings (SSSR count). The van der Waals surface area contributed by atoms with Gasteiger partial charge in [0.1, 0.15) is 10.6 Å². The lowest BCUT2D eigenvalue weighted by molar-refractivity contribution is -0.107. The van der Waals surface area contributed by atoms with E-state index in [4.69, 9.17) is 16.0 Å². The number of benzene rings is 1. The minimum absolute atomic E-state index is 0.0554. The average Bonchev–Trinajstić information content (AvgIpc) is 3.26. The van der Waals surface area contributed by atoms with E-state index in [1.54, 1.807) is 23.8 Å². The summed E-state index contributed by atoms with van der Waals surface area (Å²) in [5, 5.41) is -0.0554. The SMILES string of the molecule is [C-]#[N+]C(=C1CC[C@H]2[C@@H]3CC=C4CCCC[C@]4(C)[C@H]3CC[C@]12C)S(=O)(=O)c1ccc(C)cc1OC1CCCCO1. The Morgan fingerprint density at radius 3 is 2.62 bits per heavy atom. The molecule has 1 aromatic rings. The third kappa shape index (κ3) is 4.39. The Labute approximate surface area is 234 Å². The molecule has 0 aromatic heterocycles. The van der Waals surface area contributed by atoms with Gasteiger partial charge in [-0.05, 0) is 123 Å². The highest BCUT2D eigenvalue weighted by atomic mass is 32.2. The monoisotopic (exact) mass is 549 g/mol. The lowest BCUT2D eigenvalue weighted by Crippen LogP contribution is -2.48. The molecule has 0 bridgehead atoms. The van der Waals surface area contributed by atoms with Crippen molar-refractivity contribution in [3.8, 4) is 5.75 Å². The molecule has 39 heavy (non-hydrogen) atoms. The molecule has 0 spiro atoms. The van der Waals surface area contributed by atoms with E-state index in [2.05, 4.69) is 24.8 Å². The van der Waals surface area contributed by atoms with Crippen LogP contribution in [-0.4, -0.2) is 21.3 Å². The van der Waals surface area contributed by atoms with Crippen LogP contribution in [0, 0.1) is 42.1 Å². The number of nitrogens with zero attached hydrogens (tertiary/aromatic N) is 1. The van der Waals surface area contributed by atoms with Crippen molar-refractivity contribution < 1.29 is 17.9 Å². The summed E-state index contributed by atoms with van der Waals surface area (Å²) in [6, 6.07) is 5.20. The lowest BCUT2D eigenvalue weighted by atomic mass is 9.48. The van der Waals surface area contributed by atoms with Crippen LogP contribution in [0.2, 0.25) is 0 Å². The first kappa shape index (κ1) is 27.1. The van der Waals surface area contributed by atoms with Gasteiger partial charge in [0, 0.05) is 6.42 Å². The highest BCUT2D eigenvalue weighted by Crippen LogP contribution is 2.66. The van der Waals surface area contributed by atoms with Crippen LogP contribution in [0.25, 0.3) is 4.85 Å². The molecule has 1 heterocycles. The molecular formula is C33H43NO4S. The molecule has 1 saturated heterocycles. The van der Waals surface area contributed by atoms with E-state index in [1.165, 1.54) is 25.7 Å². The van der Waals surface area contributed by atoms with Crippen LogP contribution in [-0.2, 0) is 14.6 Å². The molecule has 1 unspecified atom stereocenters. The Balaban J connectivity index is 1.36. The quantitative estimate of drug-likeness (QED) is 0.281. The molecular weight excluding hydrogens is 506 g/mol. The van der Waals surface area contributed by atoms with Gasteiger partial charge in [-0.2, -0.15) is 0 Å². The zero-order valence-electron chi connectivity index (χ0n) is 23.8. The maximum absolute atomic E-state index is 14.3. The van der Waals surface area contributed by atoms with Crippen molar-refractivity contribution in [3.05, 3.63) is 57.4 Å². The van der Waals surface area contributed by atoms with Gasteiger partial charge in [0.25, 0.3) is 5.03 Å². The molecule has 6 atom stereocenters. The fraction of sp³-hybridized carbons (Fsp3) is 0.667. The fourth-order valence-corrected chi connectivity index (χ4v) is 10.7. The van der Waals surface area contributed by atoms with Crippen LogP contribution >= 0.6 is 0 Å². The molecule has 1 aliphatic heterocycles. The summed E-state index contributed by atoms with van der Waals surface area (Å²) < 4.78 is 40.4. The maximum Gasteiger partial charge on any atom is 0.282 e. The average molecular weight is 550 g/mol. The van der Waals surface area contributed by atoms with Crippen LogP contribution in [0.4, 0.5) is 0 Å². The highest BCUT2D eigenvalue weighted by Gasteiger charge is 2.57. The Bertz CT molecular complexity index is 1350.